The van der Waals surface area contributed by atoms with E-state index in [1.54, 1.807) is 18.2 Å². The van der Waals surface area contributed by atoms with Crippen LogP contribution in [0.3, 0.4) is 0 Å². The lowest BCUT2D eigenvalue weighted by Gasteiger charge is -2.63. The molecule has 39 heavy (non-hydrogen) atoms. The third-order valence-electron chi connectivity index (χ3n) is 8.80. The van der Waals surface area contributed by atoms with E-state index >= 15 is 0 Å². The van der Waals surface area contributed by atoms with Crippen molar-refractivity contribution in [1.29, 1.82) is 5.26 Å². The molecule has 1 amide bonds. The Labute approximate surface area is 237 Å². The van der Waals surface area contributed by atoms with Crippen molar-refractivity contribution in [3.8, 4) is 23.7 Å². The van der Waals surface area contributed by atoms with Gasteiger partial charge in [0.1, 0.15) is 17.9 Å². The van der Waals surface area contributed by atoms with Crippen LogP contribution >= 0.6 is 11.6 Å². The van der Waals surface area contributed by atoms with Gasteiger partial charge in [-0.25, -0.2) is 0 Å². The summed E-state index contributed by atoms with van der Waals surface area (Å²) in [6.45, 7) is 12.9. The van der Waals surface area contributed by atoms with Crippen molar-refractivity contribution in [3.05, 3.63) is 64.2 Å². The van der Waals surface area contributed by atoms with Gasteiger partial charge >= 0.3 is 0 Å². The number of nitriles is 1. The van der Waals surface area contributed by atoms with Crippen LogP contribution < -0.4 is 15.4 Å². The quantitative estimate of drug-likeness (QED) is 0.526. The minimum absolute atomic E-state index is 0.0857. The molecule has 0 unspecified atom stereocenters. The fourth-order valence-corrected chi connectivity index (χ4v) is 6.85. The number of rotatable bonds is 5. The Morgan fingerprint density at radius 1 is 1.08 bits per heavy atom. The number of piperidine rings is 1. The zero-order chi connectivity index (χ0) is 27.8. The van der Waals surface area contributed by atoms with Crippen molar-refractivity contribution >= 4 is 17.5 Å². The molecule has 1 saturated carbocycles. The number of carbonyl (C=O) groups is 1. The van der Waals surface area contributed by atoms with E-state index in [9.17, 15) is 4.79 Å². The molecule has 204 valence electrons. The molecule has 0 spiro atoms. The molecule has 5 rings (SSSR count). The molecule has 0 aromatic heterocycles. The number of nitrogens with zero attached hydrogens (tertiary/aromatic N) is 2. The van der Waals surface area contributed by atoms with Crippen LogP contribution in [-0.4, -0.2) is 55.2 Å². The SMILES string of the molecule is CC1(C)C(NC(=O)c2ccc(C#CC3CCN(C4CNC4)CC3)cc2)C(C)(C)C1Oc1ccc(C#N)c(Cl)c1. The Morgan fingerprint density at radius 2 is 1.74 bits per heavy atom. The number of nitrogens with one attached hydrogen (secondary N) is 2. The molecule has 3 fully saturated rings. The molecule has 2 N–H and O–H groups in total. The summed E-state index contributed by atoms with van der Waals surface area (Å²) in [5.74, 6) is 7.74. The van der Waals surface area contributed by atoms with Gasteiger partial charge in [0, 0.05) is 59.1 Å². The molecule has 3 aliphatic rings. The lowest BCUT2D eigenvalue weighted by atomic mass is 9.49. The molecule has 1 aliphatic carbocycles. The summed E-state index contributed by atoms with van der Waals surface area (Å²) in [6, 6.07) is 15.4. The molecule has 2 heterocycles. The van der Waals surface area contributed by atoms with Crippen LogP contribution in [0.5, 0.6) is 5.75 Å². The topological polar surface area (TPSA) is 77.4 Å². The smallest absolute Gasteiger partial charge is 0.251 e. The molecule has 0 atom stereocenters. The van der Waals surface area contributed by atoms with Crippen molar-refractivity contribution in [2.45, 2.75) is 58.7 Å². The summed E-state index contributed by atoms with van der Waals surface area (Å²) in [7, 11) is 0. The highest BCUT2D eigenvalue weighted by Crippen LogP contribution is 2.55. The molecule has 2 aromatic rings. The van der Waals surface area contributed by atoms with Gasteiger partial charge in [-0.3, -0.25) is 9.69 Å². The Hall–Kier alpha value is -3.03. The highest BCUT2D eigenvalue weighted by Gasteiger charge is 2.64. The number of halogens is 1. The maximum atomic E-state index is 13.2. The summed E-state index contributed by atoms with van der Waals surface area (Å²) < 4.78 is 6.33. The third kappa shape index (κ3) is 5.52. The van der Waals surface area contributed by atoms with Gasteiger partial charge < -0.3 is 15.4 Å². The molecular weight excluding hydrogens is 508 g/mol. The molecule has 6 nitrogen and oxygen atoms in total. The summed E-state index contributed by atoms with van der Waals surface area (Å²) in [6.07, 6.45) is 2.11. The van der Waals surface area contributed by atoms with Crippen LogP contribution in [0.1, 0.15) is 62.0 Å². The molecule has 0 bridgehead atoms. The first kappa shape index (κ1) is 27.5. The molecule has 2 aromatic carbocycles. The summed E-state index contributed by atoms with van der Waals surface area (Å²) in [5, 5.41) is 16.1. The maximum Gasteiger partial charge on any atom is 0.251 e. The summed E-state index contributed by atoms with van der Waals surface area (Å²) in [4.78, 5) is 15.8. The second kappa shape index (κ2) is 10.9. The van der Waals surface area contributed by atoms with Gasteiger partial charge in [0.2, 0.25) is 0 Å². The number of likely N-dealkylation sites (tertiary alicyclic amines) is 1. The van der Waals surface area contributed by atoms with Crippen LogP contribution in [0.25, 0.3) is 0 Å². The van der Waals surface area contributed by atoms with Crippen LogP contribution in [0.2, 0.25) is 5.02 Å². The molecule has 7 heteroatoms. The number of hydrogen-bond donors (Lipinski definition) is 2. The van der Waals surface area contributed by atoms with E-state index in [0.29, 0.717) is 33.9 Å². The average Bonchev–Trinajstić information content (AvgIpc) is 2.89. The van der Waals surface area contributed by atoms with Crippen molar-refractivity contribution < 1.29 is 9.53 Å². The fourth-order valence-electron chi connectivity index (χ4n) is 6.64. The first-order valence-corrected chi connectivity index (χ1v) is 14.2. The predicted octanol–water partition coefficient (Wildman–Crippen LogP) is 4.86. The van der Waals surface area contributed by atoms with E-state index < -0.39 is 0 Å². The van der Waals surface area contributed by atoms with Gasteiger partial charge in [0.25, 0.3) is 5.91 Å². The van der Waals surface area contributed by atoms with Gasteiger partial charge in [-0.2, -0.15) is 5.26 Å². The van der Waals surface area contributed by atoms with Crippen molar-refractivity contribution in [1.82, 2.24) is 15.5 Å². The van der Waals surface area contributed by atoms with Gasteiger partial charge in [-0.05, 0) is 62.3 Å². The number of hydrogen-bond acceptors (Lipinski definition) is 5. The van der Waals surface area contributed by atoms with Gasteiger partial charge in [-0.1, -0.05) is 51.1 Å². The van der Waals surface area contributed by atoms with Crippen molar-refractivity contribution in [3.63, 3.8) is 0 Å². The van der Waals surface area contributed by atoms with Gasteiger partial charge in [-0.15, -0.1) is 0 Å². The fraction of sp³-hybridized carbons (Fsp3) is 0.500. The minimum atomic E-state index is -0.310. The van der Waals surface area contributed by atoms with E-state index in [4.69, 9.17) is 21.6 Å². The first-order valence-electron chi connectivity index (χ1n) is 13.8. The van der Waals surface area contributed by atoms with Crippen LogP contribution in [0.4, 0.5) is 0 Å². The van der Waals surface area contributed by atoms with E-state index in [1.807, 2.05) is 24.3 Å². The second-order valence-electron chi connectivity index (χ2n) is 12.3. The Morgan fingerprint density at radius 3 is 2.31 bits per heavy atom. The van der Waals surface area contributed by atoms with E-state index in [0.717, 1.165) is 44.6 Å². The molecule has 2 aliphatic heterocycles. The van der Waals surface area contributed by atoms with E-state index in [2.05, 4.69) is 61.1 Å². The standard InChI is InChI=1S/C32H37ClN4O2/c1-31(2)29(32(3,4)30(31)39-26-12-11-24(18-34)27(33)17-26)36-28(38)23-9-7-21(8-10-23)5-6-22-13-15-37(16-14-22)25-19-35-20-25/h7-12,17,22,25,29-30,35H,13-16,19-20H2,1-4H3,(H,36,38). The van der Waals surface area contributed by atoms with Crippen molar-refractivity contribution in [2.24, 2.45) is 16.7 Å². The van der Waals surface area contributed by atoms with Crippen molar-refractivity contribution in [2.75, 3.05) is 26.2 Å². The zero-order valence-electron chi connectivity index (χ0n) is 23.2. The van der Waals surface area contributed by atoms with Crippen LogP contribution in [0.15, 0.2) is 42.5 Å². The monoisotopic (exact) mass is 544 g/mol. The largest absolute Gasteiger partial charge is 0.489 e. The lowest BCUT2D eigenvalue weighted by Crippen LogP contribution is -2.74. The highest BCUT2D eigenvalue weighted by molar-refractivity contribution is 6.31. The number of carbonyl (C=O) groups excluding carboxylic acids is 1. The highest BCUT2D eigenvalue weighted by atomic mass is 35.5. The number of benzene rings is 2. The van der Waals surface area contributed by atoms with Gasteiger partial charge in [0.15, 0.2) is 0 Å². The molecular formula is C32H37ClN4O2. The average molecular weight is 545 g/mol. The molecule has 2 saturated heterocycles. The summed E-state index contributed by atoms with van der Waals surface area (Å²) >= 11 is 6.20. The minimum Gasteiger partial charge on any atom is -0.489 e. The zero-order valence-corrected chi connectivity index (χ0v) is 23.9. The maximum absolute atomic E-state index is 13.2. The van der Waals surface area contributed by atoms with Crippen LogP contribution in [-0.2, 0) is 0 Å². The second-order valence-corrected chi connectivity index (χ2v) is 12.7. The normalized spacial score (nSPS) is 24.3. The Bertz CT molecular complexity index is 1310. The number of amides is 1. The Balaban J connectivity index is 1.17. The lowest BCUT2D eigenvalue weighted by molar-refractivity contribution is -0.164. The van der Waals surface area contributed by atoms with Gasteiger partial charge in [0.05, 0.1) is 10.6 Å². The van der Waals surface area contributed by atoms with E-state index in [1.165, 1.54) is 0 Å². The number of ether oxygens (including phenoxy) is 1. The Kier molecular flexibility index (Phi) is 7.66. The molecule has 0 radical (unpaired) electrons. The van der Waals surface area contributed by atoms with Crippen LogP contribution in [0, 0.1) is 39.9 Å². The summed E-state index contributed by atoms with van der Waals surface area (Å²) in [5.41, 5.74) is 1.36. The van der Waals surface area contributed by atoms with E-state index in [-0.39, 0.29) is 28.9 Å². The third-order valence-corrected chi connectivity index (χ3v) is 9.12. The first-order chi connectivity index (χ1) is 18.6. The predicted molar refractivity (Wildman–Crippen MR) is 154 cm³/mol.